The van der Waals surface area contributed by atoms with Crippen molar-refractivity contribution in [3.05, 3.63) is 98.7 Å². The molecule has 1 aromatic heterocycles. The molecule has 0 bridgehead atoms. The van der Waals surface area contributed by atoms with Crippen molar-refractivity contribution in [2.45, 2.75) is 9.79 Å². The summed E-state index contributed by atoms with van der Waals surface area (Å²) in [7, 11) is 0. The first-order valence-electron chi connectivity index (χ1n) is 9.37. The molecule has 0 saturated heterocycles. The molecular weight excluding hydrogens is 471 g/mol. The average molecular weight is 483 g/mol. The molecule has 0 saturated carbocycles. The fourth-order valence-corrected chi connectivity index (χ4v) is 4.94. The van der Waals surface area contributed by atoms with Gasteiger partial charge >= 0.3 is 0 Å². The molecule has 0 N–H and O–H groups in total. The number of carbonyl (C=O) groups excluding carboxylic acids is 1. The summed E-state index contributed by atoms with van der Waals surface area (Å²) in [6.45, 7) is 0. The van der Waals surface area contributed by atoms with Crippen LogP contribution in [0.1, 0.15) is 10.6 Å². The van der Waals surface area contributed by atoms with Crippen molar-refractivity contribution in [3.63, 3.8) is 0 Å². The zero-order valence-corrected chi connectivity index (χ0v) is 18.4. The van der Waals surface area contributed by atoms with Crippen LogP contribution in [-0.4, -0.2) is 10.8 Å². The van der Waals surface area contributed by atoms with Crippen molar-refractivity contribution in [3.8, 4) is 11.3 Å². The number of nitro benzene ring substituents is 1. The number of furan rings is 1. The van der Waals surface area contributed by atoms with Crippen LogP contribution in [0.2, 0.25) is 10.0 Å². The summed E-state index contributed by atoms with van der Waals surface area (Å²) in [6, 6.07) is 20.2. The van der Waals surface area contributed by atoms with Crippen molar-refractivity contribution in [1.82, 2.24) is 0 Å². The highest BCUT2D eigenvalue weighted by molar-refractivity contribution is 7.99. The van der Waals surface area contributed by atoms with Gasteiger partial charge in [-0.15, -0.1) is 0 Å². The van der Waals surface area contributed by atoms with Crippen LogP contribution in [0.15, 0.2) is 87.0 Å². The molecular formula is C23H12Cl2N2O4S. The molecule has 0 fully saturated rings. The Balaban J connectivity index is 1.56. The van der Waals surface area contributed by atoms with Crippen molar-refractivity contribution >= 4 is 57.9 Å². The predicted octanol–water partition coefficient (Wildman–Crippen LogP) is 7.60. The lowest BCUT2D eigenvalue weighted by molar-refractivity contribution is -0.384. The van der Waals surface area contributed by atoms with Gasteiger partial charge in [-0.1, -0.05) is 47.1 Å². The summed E-state index contributed by atoms with van der Waals surface area (Å²) in [6.07, 6.45) is 0. The van der Waals surface area contributed by atoms with Crippen LogP contribution in [0.4, 0.5) is 17.1 Å². The Kier molecular flexibility index (Phi) is 5.17. The fraction of sp³-hybridized carbons (Fsp3) is 0. The topological polar surface area (TPSA) is 76.6 Å². The number of anilines is 2. The van der Waals surface area contributed by atoms with Crippen LogP contribution in [0.3, 0.4) is 0 Å². The van der Waals surface area contributed by atoms with E-state index in [1.54, 1.807) is 40.9 Å². The molecule has 4 aromatic rings. The highest BCUT2D eigenvalue weighted by atomic mass is 35.5. The average Bonchev–Trinajstić information content (AvgIpc) is 3.27. The fourth-order valence-electron chi connectivity index (χ4n) is 3.47. The van der Waals surface area contributed by atoms with E-state index in [1.807, 2.05) is 30.3 Å². The van der Waals surface area contributed by atoms with E-state index in [0.29, 0.717) is 22.0 Å². The largest absolute Gasteiger partial charge is 0.451 e. The van der Waals surface area contributed by atoms with E-state index in [9.17, 15) is 14.9 Å². The highest BCUT2D eigenvalue weighted by Gasteiger charge is 2.31. The van der Waals surface area contributed by atoms with Crippen LogP contribution in [0, 0.1) is 10.1 Å². The van der Waals surface area contributed by atoms with Crippen molar-refractivity contribution in [1.29, 1.82) is 0 Å². The number of fused-ring (bicyclic) bond motifs is 2. The van der Waals surface area contributed by atoms with E-state index in [2.05, 4.69) is 0 Å². The van der Waals surface area contributed by atoms with Gasteiger partial charge in [-0.3, -0.25) is 19.8 Å². The van der Waals surface area contributed by atoms with Crippen LogP contribution in [-0.2, 0) is 0 Å². The molecule has 9 heteroatoms. The number of hydrogen-bond donors (Lipinski definition) is 0. The SMILES string of the molecule is O=C(c1ccc(-c2ccc([N+](=O)[O-])cc2Cl)o1)N1c2ccccc2Sc2ccc(Cl)cc21. The lowest BCUT2D eigenvalue weighted by Crippen LogP contribution is -2.28. The van der Waals surface area contributed by atoms with Gasteiger partial charge in [-0.25, -0.2) is 0 Å². The van der Waals surface area contributed by atoms with E-state index >= 15 is 0 Å². The summed E-state index contributed by atoms with van der Waals surface area (Å²) in [4.78, 5) is 27.4. The zero-order chi connectivity index (χ0) is 22.4. The second kappa shape index (κ2) is 8.02. The molecule has 158 valence electrons. The molecule has 3 aromatic carbocycles. The number of carbonyl (C=O) groups is 1. The van der Waals surface area contributed by atoms with Crippen molar-refractivity contribution in [2.75, 3.05) is 4.90 Å². The Labute approximate surface area is 196 Å². The van der Waals surface area contributed by atoms with Gasteiger partial charge in [0.2, 0.25) is 0 Å². The second-order valence-corrected chi connectivity index (χ2v) is 8.83. The molecule has 6 nitrogen and oxygen atoms in total. The summed E-state index contributed by atoms with van der Waals surface area (Å²) >= 11 is 14.0. The normalized spacial score (nSPS) is 12.2. The summed E-state index contributed by atoms with van der Waals surface area (Å²) < 4.78 is 5.84. The van der Waals surface area contributed by atoms with Gasteiger partial charge < -0.3 is 4.42 Å². The second-order valence-electron chi connectivity index (χ2n) is 6.91. The third-order valence-corrected chi connectivity index (χ3v) is 6.61. The third kappa shape index (κ3) is 3.54. The Bertz CT molecular complexity index is 1400. The van der Waals surface area contributed by atoms with E-state index in [-0.39, 0.29) is 22.4 Å². The van der Waals surface area contributed by atoms with E-state index in [1.165, 1.54) is 18.2 Å². The first-order valence-corrected chi connectivity index (χ1v) is 10.9. The van der Waals surface area contributed by atoms with Gasteiger partial charge in [-0.05, 0) is 48.5 Å². The number of benzene rings is 3. The number of rotatable bonds is 3. The molecule has 0 spiro atoms. The van der Waals surface area contributed by atoms with Gasteiger partial charge in [0.05, 0.1) is 21.3 Å². The Morgan fingerprint density at radius 2 is 1.72 bits per heavy atom. The summed E-state index contributed by atoms with van der Waals surface area (Å²) in [5.41, 5.74) is 1.72. The first kappa shape index (κ1) is 20.6. The lowest BCUT2D eigenvalue weighted by Gasteiger charge is -2.30. The number of hydrogen-bond acceptors (Lipinski definition) is 5. The minimum Gasteiger partial charge on any atom is -0.451 e. The Morgan fingerprint density at radius 3 is 2.50 bits per heavy atom. The predicted molar refractivity (Wildman–Crippen MR) is 124 cm³/mol. The third-order valence-electron chi connectivity index (χ3n) is 4.94. The van der Waals surface area contributed by atoms with Crippen LogP contribution in [0.25, 0.3) is 11.3 Å². The number of halogens is 2. The maximum atomic E-state index is 13.6. The number of nitro groups is 1. The van der Waals surface area contributed by atoms with Crippen molar-refractivity contribution in [2.24, 2.45) is 0 Å². The minimum atomic E-state index is -0.527. The smallest absolute Gasteiger partial charge is 0.298 e. The van der Waals surface area contributed by atoms with Gasteiger partial charge in [-0.2, -0.15) is 0 Å². The minimum absolute atomic E-state index is 0.0991. The van der Waals surface area contributed by atoms with E-state index < -0.39 is 4.92 Å². The molecule has 2 heterocycles. The number of non-ortho nitro benzene ring substituents is 1. The number of para-hydroxylation sites is 1. The molecule has 0 atom stereocenters. The van der Waals surface area contributed by atoms with E-state index in [0.717, 1.165) is 15.5 Å². The van der Waals surface area contributed by atoms with E-state index in [4.69, 9.17) is 27.6 Å². The molecule has 0 unspecified atom stereocenters. The lowest BCUT2D eigenvalue weighted by atomic mass is 10.1. The van der Waals surface area contributed by atoms with Gasteiger partial charge in [0, 0.05) is 32.5 Å². The van der Waals surface area contributed by atoms with Gasteiger partial charge in [0.15, 0.2) is 5.76 Å². The molecule has 1 aliphatic rings. The maximum Gasteiger partial charge on any atom is 0.298 e. The monoisotopic (exact) mass is 482 g/mol. The Hall–Kier alpha value is -3.26. The van der Waals surface area contributed by atoms with Crippen LogP contribution in [0.5, 0.6) is 0 Å². The maximum absolute atomic E-state index is 13.6. The summed E-state index contributed by atoms with van der Waals surface area (Å²) in [5, 5.41) is 11.6. The molecule has 1 amide bonds. The van der Waals surface area contributed by atoms with Crippen molar-refractivity contribution < 1.29 is 14.1 Å². The van der Waals surface area contributed by atoms with Crippen LogP contribution < -0.4 is 4.90 Å². The molecule has 5 rings (SSSR count). The molecule has 1 aliphatic heterocycles. The molecule has 32 heavy (non-hydrogen) atoms. The number of amides is 1. The van der Waals surface area contributed by atoms with Gasteiger partial charge in [0.25, 0.3) is 11.6 Å². The van der Waals surface area contributed by atoms with Gasteiger partial charge in [0.1, 0.15) is 5.76 Å². The van der Waals surface area contributed by atoms with Crippen LogP contribution >= 0.6 is 35.0 Å². The number of nitrogens with zero attached hydrogens (tertiary/aromatic N) is 2. The first-order chi connectivity index (χ1) is 15.4. The molecule has 0 aliphatic carbocycles. The quantitative estimate of drug-likeness (QED) is 0.222. The summed E-state index contributed by atoms with van der Waals surface area (Å²) in [5.74, 6) is 0.0619. The molecule has 0 radical (unpaired) electrons. The highest BCUT2D eigenvalue weighted by Crippen LogP contribution is 2.49. The Morgan fingerprint density at radius 1 is 0.938 bits per heavy atom. The standard InChI is InChI=1S/C23H12Cl2N2O4S/c24-13-5-10-22-18(11-13)26(17-3-1-2-4-21(17)32-22)23(28)20-9-8-19(31-20)15-7-6-14(27(29)30)12-16(15)25/h1-12H. The zero-order valence-electron chi connectivity index (χ0n) is 16.1.